The Labute approximate surface area is 118 Å². The number of nitrogens with zero attached hydrogens (tertiary/aromatic N) is 4. The number of benzene rings is 1. The zero-order chi connectivity index (χ0) is 14.1. The van der Waals surface area contributed by atoms with Crippen LogP contribution in [0.3, 0.4) is 0 Å². The fraction of sp³-hybridized carbons (Fsp3) is 0. The average Bonchev–Trinajstić information content (AvgIpc) is 2.47. The highest BCUT2D eigenvalue weighted by molar-refractivity contribution is 6.35. The molecule has 0 unspecified atom stereocenters. The van der Waals surface area contributed by atoms with Crippen molar-refractivity contribution in [3.63, 3.8) is 0 Å². The molecule has 0 aliphatic heterocycles. The molecule has 0 aliphatic carbocycles. The van der Waals surface area contributed by atoms with Crippen LogP contribution in [0.15, 0.2) is 37.1 Å². The fourth-order valence-electron chi connectivity index (χ4n) is 1.84. The predicted octanol–water partition coefficient (Wildman–Crippen LogP) is 2.44. The lowest BCUT2D eigenvalue weighted by Gasteiger charge is -2.05. The normalized spacial score (nSPS) is 10.7. The Morgan fingerprint density at radius 3 is 2.75 bits per heavy atom. The van der Waals surface area contributed by atoms with E-state index in [0.29, 0.717) is 21.8 Å². The molecule has 20 heavy (non-hydrogen) atoms. The van der Waals surface area contributed by atoms with Crippen LogP contribution in [0.4, 0.5) is 0 Å². The van der Waals surface area contributed by atoms with Crippen molar-refractivity contribution in [2.75, 3.05) is 0 Å². The Morgan fingerprint density at radius 2 is 1.95 bits per heavy atom. The van der Waals surface area contributed by atoms with Crippen molar-refractivity contribution in [3.05, 3.63) is 47.8 Å². The Kier molecular flexibility index (Phi) is 3.00. The van der Waals surface area contributed by atoms with Gasteiger partial charge in [0.2, 0.25) is 0 Å². The molecular weight excluding hydrogens is 280 g/mol. The number of hydrogen-bond donors (Lipinski definition) is 1. The Hall–Kier alpha value is -2.60. The maximum atomic E-state index is 10.9. The maximum absolute atomic E-state index is 10.9. The van der Waals surface area contributed by atoms with Gasteiger partial charge in [0.1, 0.15) is 12.7 Å². The van der Waals surface area contributed by atoms with Gasteiger partial charge in [-0.2, -0.15) is 0 Å². The summed E-state index contributed by atoms with van der Waals surface area (Å²) in [5.41, 5.74) is 1.72. The van der Waals surface area contributed by atoms with Gasteiger partial charge in [0, 0.05) is 17.1 Å². The van der Waals surface area contributed by atoms with Crippen molar-refractivity contribution in [1.82, 2.24) is 19.9 Å². The van der Waals surface area contributed by atoms with Crippen molar-refractivity contribution in [2.45, 2.75) is 0 Å². The van der Waals surface area contributed by atoms with Crippen molar-refractivity contribution in [2.24, 2.45) is 0 Å². The molecule has 0 amide bonds. The third-order valence-electron chi connectivity index (χ3n) is 2.74. The van der Waals surface area contributed by atoms with Crippen molar-refractivity contribution in [1.29, 1.82) is 0 Å². The van der Waals surface area contributed by atoms with Crippen LogP contribution in [0.25, 0.3) is 22.2 Å². The summed E-state index contributed by atoms with van der Waals surface area (Å²) in [7, 11) is 0. The summed E-state index contributed by atoms with van der Waals surface area (Å²) in [4.78, 5) is 26.7. The molecule has 0 atom stereocenters. The summed E-state index contributed by atoms with van der Waals surface area (Å²) >= 11 is 6.16. The number of rotatable bonds is 2. The number of carbonyl (C=O) groups is 1. The van der Waals surface area contributed by atoms with Gasteiger partial charge in [-0.05, 0) is 18.2 Å². The third kappa shape index (κ3) is 2.17. The Bertz CT molecular complexity index is 822. The summed E-state index contributed by atoms with van der Waals surface area (Å²) in [5.74, 6) is -1.11. The second-order valence-corrected chi connectivity index (χ2v) is 4.42. The van der Waals surface area contributed by atoms with Crippen LogP contribution in [0.2, 0.25) is 5.02 Å². The monoisotopic (exact) mass is 286 g/mol. The molecule has 1 N–H and O–H groups in total. The van der Waals surface area contributed by atoms with E-state index in [9.17, 15) is 4.79 Å². The molecular formula is C13H7ClN4O2. The first-order chi connectivity index (χ1) is 9.65. The topological polar surface area (TPSA) is 88.9 Å². The van der Waals surface area contributed by atoms with E-state index in [1.54, 1.807) is 18.3 Å². The van der Waals surface area contributed by atoms with E-state index in [4.69, 9.17) is 16.7 Å². The maximum Gasteiger partial charge on any atom is 0.354 e. The predicted molar refractivity (Wildman–Crippen MR) is 72.5 cm³/mol. The van der Waals surface area contributed by atoms with Crippen LogP contribution in [0.5, 0.6) is 0 Å². The molecule has 0 saturated heterocycles. The van der Waals surface area contributed by atoms with E-state index < -0.39 is 5.97 Å². The molecule has 3 rings (SSSR count). The van der Waals surface area contributed by atoms with Crippen LogP contribution in [-0.4, -0.2) is 31.0 Å². The molecule has 7 heteroatoms. The van der Waals surface area contributed by atoms with E-state index >= 15 is 0 Å². The minimum absolute atomic E-state index is 0.0736. The highest BCUT2D eigenvalue weighted by Gasteiger charge is 2.10. The smallest absolute Gasteiger partial charge is 0.354 e. The quantitative estimate of drug-likeness (QED) is 0.778. The summed E-state index contributed by atoms with van der Waals surface area (Å²) in [6, 6.07) is 4.88. The molecule has 0 saturated carbocycles. The standard InChI is InChI=1S/C13H7ClN4O2/c14-9-2-7(1-8-4-15-5-18-12(8)9)10-3-11(13(19)20)17-6-16-10/h1-6H,(H,19,20). The Balaban J connectivity index is 2.19. The number of halogens is 1. The number of hydrogen-bond acceptors (Lipinski definition) is 5. The lowest BCUT2D eigenvalue weighted by Crippen LogP contribution is -2.01. The van der Waals surface area contributed by atoms with Gasteiger partial charge in [0.15, 0.2) is 5.69 Å². The van der Waals surface area contributed by atoms with E-state index in [0.717, 1.165) is 5.39 Å². The zero-order valence-corrected chi connectivity index (χ0v) is 10.7. The number of carboxylic acid groups (broad SMARTS) is 1. The van der Waals surface area contributed by atoms with E-state index in [1.807, 2.05) is 0 Å². The highest BCUT2D eigenvalue weighted by Crippen LogP contribution is 2.28. The van der Waals surface area contributed by atoms with E-state index in [2.05, 4.69) is 19.9 Å². The number of aromatic carboxylic acids is 1. The number of aromatic nitrogens is 4. The SMILES string of the molecule is O=C(O)c1cc(-c2cc(Cl)c3ncncc3c2)ncn1. The van der Waals surface area contributed by atoms with Gasteiger partial charge in [0.05, 0.1) is 16.2 Å². The van der Waals surface area contributed by atoms with Crippen LogP contribution in [-0.2, 0) is 0 Å². The molecule has 2 aromatic heterocycles. The van der Waals surface area contributed by atoms with Crippen LogP contribution < -0.4 is 0 Å². The molecule has 0 aliphatic rings. The van der Waals surface area contributed by atoms with Gasteiger partial charge in [-0.15, -0.1) is 0 Å². The number of fused-ring (bicyclic) bond motifs is 1. The third-order valence-corrected chi connectivity index (χ3v) is 3.03. The lowest BCUT2D eigenvalue weighted by atomic mass is 10.1. The largest absolute Gasteiger partial charge is 0.477 e. The van der Waals surface area contributed by atoms with Gasteiger partial charge in [-0.1, -0.05) is 11.6 Å². The van der Waals surface area contributed by atoms with Crippen LogP contribution >= 0.6 is 11.6 Å². The van der Waals surface area contributed by atoms with Crippen molar-refractivity contribution in [3.8, 4) is 11.3 Å². The molecule has 0 bridgehead atoms. The van der Waals surface area contributed by atoms with Crippen LogP contribution in [0, 0.1) is 0 Å². The number of carboxylic acids is 1. The van der Waals surface area contributed by atoms with Gasteiger partial charge < -0.3 is 5.11 Å². The van der Waals surface area contributed by atoms with Gasteiger partial charge in [-0.3, -0.25) is 0 Å². The molecule has 1 aromatic carbocycles. The molecule has 0 radical (unpaired) electrons. The highest BCUT2D eigenvalue weighted by atomic mass is 35.5. The van der Waals surface area contributed by atoms with Crippen molar-refractivity contribution >= 4 is 28.5 Å². The summed E-state index contributed by atoms with van der Waals surface area (Å²) in [6.07, 6.45) is 4.26. The first-order valence-corrected chi connectivity index (χ1v) is 5.98. The fourth-order valence-corrected chi connectivity index (χ4v) is 2.12. The first-order valence-electron chi connectivity index (χ1n) is 5.60. The van der Waals surface area contributed by atoms with Crippen molar-refractivity contribution < 1.29 is 9.90 Å². The molecule has 6 nitrogen and oxygen atoms in total. The summed E-state index contributed by atoms with van der Waals surface area (Å²) in [5, 5.41) is 10.2. The molecule has 0 fully saturated rings. The molecule has 3 aromatic rings. The zero-order valence-electron chi connectivity index (χ0n) is 9.99. The Morgan fingerprint density at radius 1 is 1.10 bits per heavy atom. The second kappa shape index (κ2) is 4.82. The lowest BCUT2D eigenvalue weighted by molar-refractivity contribution is 0.0690. The van der Waals surface area contributed by atoms with Gasteiger partial charge in [-0.25, -0.2) is 24.7 Å². The van der Waals surface area contributed by atoms with Gasteiger partial charge in [0.25, 0.3) is 0 Å². The van der Waals surface area contributed by atoms with E-state index in [-0.39, 0.29) is 5.69 Å². The summed E-state index contributed by atoms with van der Waals surface area (Å²) < 4.78 is 0. The first kappa shape index (κ1) is 12.4. The van der Waals surface area contributed by atoms with E-state index in [1.165, 1.54) is 18.7 Å². The average molecular weight is 287 g/mol. The second-order valence-electron chi connectivity index (χ2n) is 4.01. The molecule has 98 valence electrons. The van der Waals surface area contributed by atoms with Gasteiger partial charge >= 0.3 is 5.97 Å². The van der Waals surface area contributed by atoms with Crippen LogP contribution in [0.1, 0.15) is 10.5 Å². The summed E-state index contributed by atoms with van der Waals surface area (Å²) in [6.45, 7) is 0. The molecule has 2 heterocycles. The minimum Gasteiger partial charge on any atom is -0.477 e. The minimum atomic E-state index is -1.11. The molecule has 0 spiro atoms.